The molecule has 4 rings (SSSR count). The van der Waals surface area contributed by atoms with Gasteiger partial charge in [0.05, 0.1) is 0 Å². The molecule has 0 saturated heterocycles. The molecule has 0 saturated carbocycles. The van der Waals surface area contributed by atoms with Crippen molar-refractivity contribution in [2.24, 2.45) is 5.73 Å². The molecule has 0 radical (unpaired) electrons. The van der Waals surface area contributed by atoms with E-state index < -0.39 is 0 Å². The molecule has 0 amide bonds. The van der Waals surface area contributed by atoms with E-state index in [-0.39, 0.29) is 0 Å². The molecule has 116 valence electrons. The first-order chi connectivity index (χ1) is 11.3. The lowest BCUT2D eigenvalue weighted by Crippen LogP contribution is -2.14. The number of nitrogens with zero attached hydrogens (tertiary/aromatic N) is 4. The second-order valence-electron chi connectivity index (χ2n) is 5.27. The van der Waals surface area contributed by atoms with Gasteiger partial charge in [-0.2, -0.15) is 0 Å². The third-order valence-electron chi connectivity index (χ3n) is 3.68. The molecule has 0 spiro atoms. The molecule has 23 heavy (non-hydrogen) atoms. The average Bonchev–Trinajstić information content (AvgIpc) is 3.17. The number of hydrogen-bond acceptors (Lipinski definition) is 6. The lowest BCUT2D eigenvalue weighted by molar-refractivity contribution is 1.01. The highest BCUT2D eigenvalue weighted by molar-refractivity contribution is 7.21. The number of rotatable bonds is 4. The summed E-state index contributed by atoms with van der Waals surface area (Å²) < 4.78 is 2.15. The monoisotopic (exact) mass is 324 g/mol. The van der Waals surface area contributed by atoms with Gasteiger partial charge in [0, 0.05) is 42.3 Å². The second-order valence-corrected chi connectivity index (χ2v) is 6.30. The molecule has 0 unspecified atom stereocenters. The first kappa shape index (κ1) is 14.1. The van der Waals surface area contributed by atoms with E-state index in [1.54, 1.807) is 23.7 Å². The number of pyridine rings is 1. The van der Waals surface area contributed by atoms with Crippen molar-refractivity contribution in [1.29, 1.82) is 0 Å². The number of fused-ring (bicyclic) bond motifs is 3. The Kier molecular flexibility index (Phi) is 3.44. The standard InChI is InChI=1S/C16H16N6S/c1-10-9-20-15-14(19-7-4-17)21-12-8-13(23-16(12)22(10)15)11-2-5-18-6-3-11/h2-3,5-6,8-9H,4,7,17H2,1H3,(H,19,21). The Hall–Kier alpha value is -2.51. The number of aryl methyl sites for hydroxylation is 1. The quantitative estimate of drug-likeness (QED) is 0.603. The van der Waals surface area contributed by atoms with Gasteiger partial charge in [-0.15, -0.1) is 11.3 Å². The maximum absolute atomic E-state index is 5.60. The summed E-state index contributed by atoms with van der Waals surface area (Å²) in [5.41, 5.74) is 9.62. The van der Waals surface area contributed by atoms with Crippen LogP contribution in [0.1, 0.15) is 5.69 Å². The van der Waals surface area contributed by atoms with E-state index in [2.05, 4.69) is 32.7 Å². The molecular weight excluding hydrogens is 308 g/mol. The third-order valence-corrected chi connectivity index (χ3v) is 4.84. The van der Waals surface area contributed by atoms with Crippen molar-refractivity contribution < 1.29 is 0 Å². The predicted molar refractivity (Wildman–Crippen MR) is 93.9 cm³/mol. The highest BCUT2D eigenvalue weighted by atomic mass is 32.1. The first-order valence-electron chi connectivity index (χ1n) is 7.40. The van der Waals surface area contributed by atoms with Gasteiger partial charge < -0.3 is 11.1 Å². The number of nitrogens with two attached hydrogens (primary N) is 1. The van der Waals surface area contributed by atoms with Gasteiger partial charge in [0.25, 0.3) is 0 Å². The van der Waals surface area contributed by atoms with E-state index in [4.69, 9.17) is 10.7 Å². The van der Waals surface area contributed by atoms with Crippen molar-refractivity contribution in [3.63, 3.8) is 0 Å². The molecule has 0 aliphatic heterocycles. The molecule has 6 nitrogen and oxygen atoms in total. The fourth-order valence-electron chi connectivity index (χ4n) is 2.61. The maximum Gasteiger partial charge on any atom is 0.181 e. The number of anilines is 1. The largest absolute Gasteiger partial charge is 0.366 e. The molecular formula is C16H16N6S. The Balaban J connectivity index is 1.96. The smallest absolute Gasteiger partial charge is 0.181 e. The van der Waals surface area contributed by atoms with Crippen LogP contribution in [0.15, 0.2) is 36.8 Å². The molecule has 0 fully saturated rings. The van der Waals surface area contributed by atoms with E-state index in [0.717, 1.165) is 33.1 Å². The van der Waals surface area contributed by atoms with Crippen LogP contribution in [0.5, 0.6) is 0 Å². The van der Waals surface area contributed by atoms with Gasteiger partial charge in [-0.1, -0.05) is 0 Å². The minimum Gasteiger partial charge on any atom is -0.366 e. The van der Waals surface area contributed by atoms with E-state index in [9.17, 15) is 0 Å². The lowest BCUT2D eigenvalue weighted by atomic mass is 10.2. The van der Waals surface area contributed by atoms with Crippen molar-refractivity contribution in [2.45, 2.75) is 6.92 Å². The molecule has 0 aliphatic rings. The number of hydrogen-bond donors (Lipinski definition) is 2. The summed E-state index contributed by atoms with van der Waals surface area (Å²) in [5, 5.41) is 3.27. The summed E-state index contributed by atoms with van der Waals surface area (Å²) in [6.45, 7) is 3.27. The Morgan fingerprint density at radius 3 is 2.91 bits per heavy atom. The minimum absolute atomic E-state index is 0.553. The van der Waals surface area contributed by atoms with E-state index in [1.165, 1.54) is 4.88 Å². The minimum atomic E-state index is 0.553. The molecule has 0 aliphatic carbocycles. The molecule has 0 aromatic carbocycles. The van der Waals surface area contributed by atoms with Crippen molar-refractivity contribution >= 4 is 33.1 Å². The van der Waals surface area contributed by atoms with Crippen LogP contribution >= 0.6 is 11.3 Å². The molecule has 4 aromatic heterocycles. The van der Waals surface area contributed by atoms with Crippen LogP contribution in [0.25, 0.3) is 26.4 Å². The Morgan fingerprint density at radius 1 is 1.30 bits per heavy atom. The number of thiophene rings is 1. The van der Waals surface area contributed by atoms with E-state index in [1.807, 2.05) is 18.3 Å². The fraction of sp³-hybridized carbons (Fsp3) is 0.188. The van der Waals surface area contributed by atoms with Crippen molar-refractivity contribution in [3.05, 3.63) is 42.5 Å². The van der Waals surface area contributed by atoms with Gasteiger partial charge in [0.1, 0.15) is 10.3 Å². The van der Waals surface area contributed by atoms with Crippen molar-refractivity contribution in [2.75, 3.05) is 18.4 Å². The van der Waals surface area contributed by atoms with Crippen LogP contribution in [0.2, 0.25) is 0 Å². The van der Waals surface area contributed by atoms with Crippen LogP contribution < -0.4 is 11.1 Å². The van der Waals surface area contributed by atoms with Crippen molar-refractivity contribution in [3.8, 4) is 10.4 Å². The zero-order chi connectivity index (χ0) is 15.8. The maximum atomic E-state index is 5.60. The zero-order valence-corrected chi connectivity index (χ0v) is 13.5. The zero-order valence-electron chi connectivity index (χ0n) is 12.7. The van der Waals surface area contributed by atoms with Gasteiger partial charge in [0.2, 0.25) is 0 Å². The molecule has 3 N–H and O–H groups in total. The van der Waals surface area contributed by atoms with Crippen LogP contribution in [0.3, 0.4) is 0 Å². The van der Waals surface area contributed by atoms with Gasteiger partial charge in [-0.25, -0.2) is 9.97 Å². The Morgan fingerprint density at radius 2 is 2.13 bits per heavy atom. The summed E-state index contributed by atoms with van der Waals surface area (Å²) in [6.07, 6.45) is 5.48. The van der Waals surface area contributed by atoms with Crippen LogP contribution in [0, 0.1) is 6.92 Å². The highest BCUT2D eigenvalue weighted by Gasteiger charge is 2.15. The number of nitrogens with one attached hydrogen (secondary N) is 1. The van der Waals surface area contributed by atoms with Crippen molar-refractivity contribution in [1.82, 2.24) is 19.4 Å². The highest BCUT2D eigenvalue weighted by Crippen LogP contribution is 2.34. The van der Waals surface area contributed by atoms with Gasteiger partial charge in [0.15, 0.2) is 11.5 Å². The molecule has 4 aromatic rings. The van der Waals surface area contributed by atoms with Crippen LogP contribution in [0.4, 0.5) is 5.82 Å². The summed E-state index contributed by atoms with van der Waals surface area (Å²) in [7, 11) is 0. The Bertz CT molecular complexity index is 972. The molecule has 0 atom stereocenters. The van der Waals surface area contributed by atoms with Crippen LogP contribution in [-0.4, -0.2) is 32.4 Å². The van der Waals surface area contributed by atoms with E-state index in [0.29, 0.717) is 13.1 Å². The predicted octanol–water partition coefficient (Wildman–Crippen LogP) is 2.69. The van der Waals surface area contributed by atoms with Gasteiger partial charge in [-0.05, 0) is 30.7 Å². The van der Waals surface area contributed by atoms with Gasteiger partial charge in [-0.3, -0.25) is 9.38 Å². The van der Waals surface area contributed by atoms with Gasteiger partial charge >= 0.3 is 0 Å². The number of aromatic nitrogens is 4. The SMILES string of the molecule is Cc1cnc2c(NCCN)nc3cc(-c4ccncc4)sc3n12. The summed E-state index contributed by atoms with van der Waals surface area (Å²) in [5.74, 6) is 0.773. The summed E-state index contributed by atoms with van der Waals surface area (Å²) in [4.78, 5) is 15.6. The third kappa shape index (κ3) is 2.34. The molecule has 7 heteroatoms. The number of imidazole rings is 1. The fourth-order valence-corrected chi connectivity index (χ4v) is 3.77. The topological polar surface area (TPSA) is 81.1 Å². The summed E-state index contributed by atoms with van der Waals surface area (Å²) in [6, 6.07) is 6.13. The normalized spacial score (nSPS) is 11.4. The second kappa shape index (κ2) is 5.60. The average molecular weight is 324 g/mol. The van der Waals surface area contributed by atoms with Crippen LogP contribution in [-0.2, 0) is 0 Å². The Labute approximate surface area is 137 Å². The molecule has 4 heterocycles. The van der Waals surface area contributed by atoms with E-state index >= 15 is 0 Å². The molecule has 0 bridgehead atoms. The first-order valence-corrected chi connectivity index (χ1v) is 8.21. The summed E-state index contributed by atoms with van der Waals surface area (Å²) >= 11 is 1.71. The lowest BCUT2D eigenvalue weighted by Gasteiger charge is -2.07.